The molecule has 4 nitrogen and oxygen atoms in total. The summed E-state index contributed by atoms with van der Waals surface area (Å²) >= 11 is 1.38. The van der Waals surface area contributed by atoms with Gasteiger partial charge in [0.1, 0.15) is 4.21 Å². The van der Waals surface area contributed by atoms with Crippen LogP contribution in [0.2, 0.25) is 0 Å². The van der Waals surface area contributed by atoms with Crippen molar-refractivity contribution in [2.45, 2.75) is 68.8 Å². The number of hydrogen-bond acceptors (Lipinski definition) is 4. The fraction of sp³-hybridized carbons (Fsp3) is 0.733. The Bertz CT molecular complexity index is 603. The minimum atomic E-state index is -3.36. The first-order valence-electron chi connectivity index (χ1n) is 7.69. The molecule has 2 saturated carbocycles. The molecule has 1 unspecified atom stereocenters. The van der Waals surface area contributed by atoms with Crippen LogP contribution in [0, 0.1) is 5.41 Å². The second-order valence-corrected chi connectivity index (χ2v) is 10.2. The molecule has 0 amide bonds. The lowest BCUT2D eigenvalue weighted by atomic mass is 9.92. The van der Waals surface area contributed by atoms with Gasteiger partial charge < -0.3 is 5.32 Å². The zero-order valence-electron chi connectivity index (χ0n) is 12.7. The van der Waals surface area contributed by atoms with Gasteiger partial charge in [0, 0.05) is 23.5 Å². The van der Waals surface area contributed by atoms with Crippen molar-refractivity contribution in [3.8, 4) is 0 Å². The van der Waals surface area contributed by atoms with Crippen molar-refractivity contribution < 1.29 is 8.42 Å². The van der Waals surface area contributed by atoms with Gasteiger partial charge in [-0.1, -0.05) is 13.8 Å². The molecule has 118 valence electrons. The second kappa shape index (κ2) is 5.65. The maximum absolute atomic E-state index is 12.4. The fourth-order valence-corrected chi connectivity index (χ4v) is 5.54. The van der Waals surface area contributed by atoms with Gasteiger partial charge in [-0.3, -0.25) is 0 Å². The van der Waals surface area contributed by atoms with Crippen molar-refractivity contribution in [2.75, 3.05) is 0 Å². The lowest BCUT2D eigenvalue weighted by molar-refractivity contribution is 0.372. The van der Waals surface area contributed by atoms with E-state index in [0.717, 1.165) is 30.7 Å². The average molecular weight is 329 g/mol. The summed E-state index contributed by atoms with van der Waals surface area (Å²) in [5.74, 6) is 0. The summed E-state index contributed by atoms with van der Waals surface area (Å²) in [4.78, 5) is 1.09. The van der Waals surface area contributed by atoms with Crippen LogP contribution in [0.1, 0.15) is 50.8 Å². The maximum Gasteiger partial charge on any atom is 0.250 e. The molecule has 0 saturated heterocycles. The van der Waals surface area contributed by atoms with Gasteiger partial charge in [0.2, 0.25) is 10.0 Å². The van der Waals surface area contributed by atoms with E-state index in [1.807, 2.05) is 6.07 Å². The zero-order chi connectivity index (χ0) is 15.1. The van der Waals surface area contributed by atoms with Crippen molar-refractivity contribution in [1.29, 1.82) is 0 Å². The number of sulfonamides is 1. The van der Waals surface area contributed by atoms with Crippen LogP contribution in [0.4, 0.5) is 0 Å². The van der Waals surface area contributed by atoms with Gasteiger partial charge in [0.25, 0.3) is 0 Å². The summed E-state index contributed by atoms with van der Waals surface area (Å²) in [7, 11) is -3.36. The van der Waals surface area contributed by atoms with Gasteiger partial charge in [-0.2, -0.15) is 0 Å². The van der Waals surface area contributed by atoms with Gasteiger partial charge in [-0.25, -0.2) is 13.1 Å². The molecular weight excluding hydrogens is 304 g/mol. The number of nitrogens with one attached hydrogen (secondary N) is 2. The summed E-state index contributed by atoms with van der Waals surface area (Å²) in [6.45, 7) is 5.18. The SMILES string of the molecule is CC1(C)CCC(NS(=O)(=O)c2ccc(CNC3CC3)s2)C1. The second-order valence-electron chi connectivity index (χ2n) is 7.10. The Labute approximate surface area is 131 Å². The summed E-state index contributed by atoms with van der Waals surface area (Å²) in [6, 6.07) is 4.38. The molecule has 0 spiro atoms. The molecule has 0 radical (unpaired) electrons. The predicted molar refractivity (Wildman–Crippen MR) is 85.9 cm³/mol. The topological polar surface area (TPSA) is 58.2 Å². The highest BCUT2D eigenvalue weighted by Crippen LogP contribution is 2.37. The Balaban J connectivity index is 1.61. The van der Waals surface area contributed by atoms with Crippen LogP contribution in [-0.2, 0) is 16.6 Å². The van der Waals surface area contributed by atoms with E-state index in [1.165, 1.54) is 24.2 Å². The summed E-state index contributed by atoms with van der Waals surface area (Å²) in [5, 5.41) is 3.42. The molecule has 3 rings (SSSR count). The third kappa shape index (κ3) is 4.06. The number of hydrogen-bond donors (Lipinski definition) is 2. The molecule has 2 N–H and O–H groups in total. The molecule has 1 aromatic rings. The standard InChI is InChI=1S/C15H24N2O2S2/c1-15(2)8-7-12(9-15)17-21(18,19)14-6-5-13(20-14)10-16-11-3-4-11/h5-6,11-12,16-17H,3-4,7-10H2,1-2H3. The van der Waals surface area contributed by atoms with Gasteiger partial charge >= 0.3 is 0 Å². The normalized spacial score (nSPS) is 25.3. The van der Waals surface area contributed by atoms with Crippen LogP contribution in [0.15, 0.2) is 16.3 Å². The molecule has 0 aliphatic heterocycles. The number of rotatable bonds is 6. The third-order valence-corrected chi connectivity index (χ3v) is 7.43. The third-order valence-electron chi connectivity index (χ3n) is 4.33. The minimum absolute atomic E-state index is 0.0835. The van der Waals surface area contributed by atoms with E-state index in [0.29, 0.717) is 10.3 Å². The lowest BCUT2D eigenvalue weighted by Gasteiger charge is -2.17. The highest BCUT2D eigenvalue weighted by atomic mass is 32.2. The Morgan fingerprint density at radius 3 is 2.62 bits per heavy atom. The fourth-order valence-electron chi connectivity index (χ4n) is 2.94. The quantitative estimate of drug-likeness (QED) is 0.844. The monoisotopic (exact) mass is 328 g/mol. The first kappa shape index (κ1) is 15.5. The Kier molecular flexibility index (Phi) is 4.16. The molecule has 0 aromatic carbocycles. The minimum Gasteiger partial charge on any atom is -0.309 e. The molecule has 1 aromatic heterocycles. The van der Waals surface area contributed by atoms with Crippen molar-refractivity contribution >= 4 is 21.4 Å². The first-order valence-corrected chi connectivity index (χ1v) is 9.98. The van der Waals surface area contributed by atoms with Gasteiger partial charge in [-0.15, -0.1) is 11.3 Å². The first-order chi connectivity index (χ1) is 9.84. The van der Waals surface area contributed by atoms with E-state index in [9.17, 15) is 8.42 Å². The zero-order valence-corrected chi connectivity index (χ0v) is 14.3. The molecule has 2 aliphatic carbocycles. The molecule has 6 heteroatoms. The largest absolute Gasteiger partial charge is 0.309 e. The van der Waals surface area contributed by atoms with Crippen molar-refractivity contribution in [1.82, 2.24) is 10.0 Å². The highest BCUT2D eigenvalue weighted by molar-refractivity contribution is 7.91. The molecule has 1 atom stereocenters. The van der Waals surface area contributed by atoms with E-state index in [4.69, 9.17) is 0 Å². The smallest absolute Gasteiger partial charge is 0.250 e. The maximum atomic E-state index is 12.4. The summed E-state index contributed by atoms with van der Waals surface area (Å²) < 4.78 is 28.2. The average Bonchev–Trinajstić information content (AvgIpc) is 2.97. The van der Waals surface area contributed by atoms with E-state index in [1.54, 1.807) is 6.07 Å². The van der Waals surface area contributed by atoms with Crippen LogP contribution in [0.5, 0.6) is 0 Å². The van der Waals surface area contributed by atoms with E-state index in [2.05, 4.69) is 23.9 Å². The van der Waals surface area contributed by atoms with Crippen molar-refractivity contribution in [2.24, 2.45) is 5.41 Å². The Morgan fingerprint density at radius 1 is 1.24 bits per heavy atom. The van der Waals surface area contributed by atoms with Crippen molar-refractivity contribution in [3.05, 3.63) is 17.0 Å². The van der Waals surface area contributed by atoms with Gasteiger partial charge in [0.15, 0.2) is 0 Å². The summed E-state index contributed by atoms with van der Waals surface area (Å²) in [6.07, 6.45) is 5.44. The molecule has 21 heavy (non-hydrogen) atoms. The van der Waals surface area contributed by atoms with Crippen LogP contribution in [-0.4, -0.2) is 20.5 Å². The number of thiophene rings is 1. The van der Waals surface area contributed by atoms with Crippen LogP contribution >= 0.6 is 11.3 Å². The summed E-state index contributed by atoms with van der Waals surface area (Å²) in [5.41, 5.74) is 0.252. The van der Waals surface area contributed by atoms with Crippen molar-refractivity contribution in [3.63, 3.8) is 0 Å². The lowest BCUT2D eigenvalue weighted by Crippen LogP contribution is -2.33. The predicted octanol–water partition coefficient (Wildman–Crippen LogP) is 2.86. The molecule has 0 bridgehead atoms. The molecule has 2 fully saturated rings. The van der Waals surface area contributed by atoms with E-state index < -0.39 is 10.0 Å². The van der Waals surface area contributed by atoms with Gasteiger partial charge in [0.05, 0.1) is 0 Å². The highest BCUT2D eigenvalue weighted by Gasteiger charge is 2.33. The molecule has 1 heterocycles. The molecular formula is C15H24N2O2S2. The van der Waals surface area contributed by atoms with Gasteiger partial charge in [-0.05, 0) is 49.7 Å². The van der Waals surface area contributed by atoms with Crippen LogP contribution in [0.3, 0.4) is 0 Å². The van der Waals surface area contributed by atoms with Crippen LogP contribution in [0.25, 0.3) is 0 Å². The van der Waals surface area contributed by atoms with Crippen LogP contribution < -0.4 is 10.0 Å². The van der Waals surface area contributed by atoms with E-state index >= 15 is 0 Å². The Hall–Kier alpha value is -0.430. The van der Waals surface area contributed by atoms with E-state index in [-0.39, 0.29) is 11.5 Å². The Morgan fingerprint density at radius 2 is 2.00 bits per heavy atom. The molecule has 2 aliphatic rings.